The summed E-state index contributed by atoms with van der Waals surface area (Å²) in [5.41, 5.74) is 0.976. The van der Waals surface area contributed by atoms with E-state index in [0.29, 0.717) is 6.42 Å². The molecule has 0 aromatic heterocycles. The summed E-state index contributed by atoms with van der Waals surface area (Å²) in [7, 11) is -7.04. The molecular weight excluding hydrogens is 593 g/mol. The Hall–Kier alpha value is -2.37. The molecule has 3 aliphatic heterocycles. The summed E-state index contributed by atoms with van der Waals surface area (Å²) < 4.78 is 59.0. The molecule has 7 nitrogen and oxygen atoms in total. The summed E-state index contributed by atoms with van der Waals surface area (Å²) >= 11 is 0. The van der Waals surface area contributed by atoms with Gasteiger partial charge in [0.2, 0.25) is 0 Å². The molecule has 0 unspecified atom stereocenters. The average molecular weight is 637 g/mol. The maximum atomic E-state index is 13.7. The maximum absolute atomic E-state index is 13.7. The first-order valence-electron chi connectivity index (χ1n) is 15.7. The topological polar surface area (TPSA) is 83.6 Å². The fourth-order valence-corrected chi connectivity index (χ4v) is 12.5. The van der Waals surface area contributed by atoms with E-state index in [9.17, 15) is 8.42 Å². The van der Waals surface area contributed by atoms with Gasteiger partial charge in [-0.2, -0.15) is 8.42 Å². The zero-order valence-electron chi connectivity index (χ0n) is 26.1. The van der Waals surface area contributed by atoms with Crippen LogP contribution in [0.1, 0.15) is 52.0 Å². The fraction of sp³-hybridized carbons (Fsp3) is 0.486. The molecule has 0 N–H and O–H groups in total. The van der Waals surface area contributed by atoms with E-state index < -0.39 is 30.6 Å². The van der Waals surface area contributed by atoms with Crippen molar-refractivity contribution in [1.29, 1.82) is 0 Å². The third-order valence-electron chi connectivity index (χ3n) is 9.21. The van der Waals surface area contributed by atoms with Gasteiger partial charge in [-0.1, -0.05) is 99.1 Å². The van der Waals surface area contributed by atoms with Gasteiger partial charge in [-0.25, -0.2) is 0 Å². The zero-order valence-corrected chi connectivity index (χ0v) is 27.9. The van der Waals surface area contributed by atoms with E-state index in [-0.39, 0.29) is 41.0 Å². The van der Waals surface area contributed by atoms with Gasteiger partial charge < -0.3 is 18.6 Å². The highest BCUT2D eigenvalue weighted by Crippen LogP contribution is 2.39. The van der Waals surface area contributed by atoms with E-state index in [1.54, 1.807) is 24.3 Å². The molecule has 6 rings (SSSR count). The Morgan fingerprint density at radius 2 is 1.30 bits per heavy atom. The number of rotatable bonds is 11. The van der Waals surface area contributed by atoms with Crippen LogP contribution in [0.2, 0.25) is 5.04 Å². The lowest BCUT2D eigenvalue weighted by Crippen LogP contribution is -2.67. The van der Waals surface area contributed by atoms with Crippen LogP contribution in [0.3, 0.4) is 0 Å². The molecule has 3 fully saturated rings. The molecule has 3 aliphatic rings. The average Bonchev–Trinajstić information content (AvgIpc) is 3.52. The van der Waals surface area contributed by atoms with Crippen LogP contribution in [-0.4, -0.2) is 66.6 Å². The van der Waals surface area contributed by atoms with Gasteiger partial charge in [-0.15, -0.1) is 0 Å². The lowest BCUT2D eigenvalue weighted by atomic mass is 10.1. The SMILES string of the molecule is Cc1ccc(S(=O)(=O)O[C@@H](CO[Si](c2ccccc2)(c2ccccc2)C(C)(C)C)[C@H]2CC[C@H]([C@H]3CC[C@H]([C@H]4CO4)O3)O2)cc1. The summed E-state index contributed by atoms with van der Waals surface area (Å²) in [5, 5.41) is 1.97. The van der Waals surface area contributed by atoms with Gasteiger partial charge in [-0.3, -0.25) is 4.18 Å². The Labute approximate surface area is 263 Å². The van der Waals surface area contributed by atoms with Crippen LogP contribution in [0.5, 0.6) is 0 Å². The van der Waals surface area contributed by atoms with E-state index in [1.165, 1.54) is 0 Å². The quantitative estimate of drug-likeness (QED) is 0.164. The van der Waals surface area contributed by atoms with Gasteiger partial charge in [-0.05, 0) is 60.2 Å². The highest BCUT2D eigenvalue weighted by atomic mass is 32.2. The maximum Gasteiger partial charge on any atom is 0.297 e. The molecule has 3 saturated heterocycles. The summed E-state index contributed by atoms with van der Waals surface area (Å²) in [4.78, 5) is 0.125. The van der Waals surface area contributed by atoms with E-state index in [1.807, 2.05) is 43.3 Å². The Morgan fingerprint density at radius 3 is 1.84 bits per heavy atom. The van der Waals surface area contributed by atoms with Gasteiger partial charge >= 0.3 is 0 Å². The van der Waals surface area contributed by atoms with Crippen molar-refractivity contribution in [1.82, 2.24) is 0 Å². The number of benzene rings is 3. The van der Waals surface area contributed by atoms with E-state index >= 15 is 0 Å². The van der Waals surface area contributed by atoms with Crippen molar-refractivity contribution in [3.8, 4) is 0 Å². The molecular formula is C35H44O7SSi. The third-order valence-corrected chi connectivity index (χ3v) is 15.6. The van der Waals surface area contributed by atoms with Crippen molar-refractivity contribution in [3.05, 3.63) is 90.5 Å². The standard InChI is InChI=1S/C35H44O7SSi/c1-25-15-17-26(18-16-25)43(36,37)42-34(32-22-20-30(41-32)29-19-21-31(40-29)33-23-38-33)24-39-44(35(2,3)4,27-11-7-5-8-12-27)28-13-9-6-10-14-28/h5-18,29-34H,19-24H2,1-4H3/t29-,30-,31-,32-,33-,34+/m1/s1. The van der Waals surface area contributed by atoms with Crippen LogP contribution in [0, 0.1) is 6.92 Å². The summed E-state index contributed by atoms with van der Waals surface area (Å²) in [6.07, 6.45) is 2.18. The minimum absolute atomic E-state index is 0.0267. The lowest BCUT2D eigenvalue weighted by molar-refractivity contribution is -0.0946. The monoisotopic (exact) mass is 636 g/mol. The van der Waals surface area contributed by atoms with Gasteiger partial charge in [0.05, 0.1) is 42.5 Å². The Kier molecular flexibility index (Phi) is 9.19. The van der Waals surface area contributed by atoms with E-state index in [2.05, 4.69) is 45.0 Å². The molecule has 3 aromatic carbocycles. The first-order valence-corrected chi connectivity index (χ1v) is 19.1. The van der Waals surface area contributed by atoms with E-state index in [0.717, 1.165) is 41.8 Å². The van der Waals surface area contributed by atoms with E-state index in [4.69, 9.17) is 22.8 Å². The van der Waals surface area contributed by atoms with Gasteiger partial charge in [0.15, 0.2) is 0 Å². The summed E-state index contributed by atoms with van der Waals surface area (Å²) in [6.45, 7) is 9.37. The van der Waals surface area contributed by atoms with Crippen LogP contribution in [0.15, 0.2) is 89.8 Å². The molecule has 3 aromatic rings. The normalized spacial score (nSPS) is 26.5. The van der Waals surface area contributed by atoms with Crippen molar-refractivity contribution < 1.29 is 31.2 Å². The Morgan fingerprint density at radius 1 is 0.773 bits per heavy atom. The smallest absolute Gasteiger partial charge is 0.297 e. The fourth-order valence-electron chi connectivity index (χ4n) is 6.83. The highest BCUT2D eigenvalue weighted by molar-refractivity contribution is 7.86. The largest absolute Gasteiger partial charge is 0.405 e. The molecule has 44 heavy (non-hydrogen) atoms. The highest BCUT2D eigenvalue weighted by Gasteiger charge is 2.52. The predicted octanol–water partition coefficient (Wildman–Crippen LogP) is 5.14. The molecule has 0 aliphatic carbocycles. The molecule has 0 bridgehead atoms. The summed E-state index contributed by atoms with van der Waals surface area (Å²) in [5.74, 6) is 0. The van der Waals surface area contributed by atoms with Crippen molar-refractivity contribution in [2.24, 2.45) is 0 Å². The minimum atomic E-state index is -4.09. The lowest BCUT2D eigenvalue weighted by Gasteiger charge is -2.44. The first-order chi connectivity index (χ1) is 21.1. The predicted molar refractivity (Wildman–Crippen MR) is 172 cm³/mol. The Bertz CT molecular complexity index is 1450. The number of hydrogen-bond donors (Lipinski definition) is 0. The molecule has 236 valence electrons. The summed E-state index contributed by atoms with van der Waals surface area (Å²) in [6, 6.07) is 27.4. The number of hydrogen-bond acceptors (Lipinski definition) is 7. The molecule has 0 saturated carbocycles. The zero-order chi connectivity index (χ0) is 31.0. The molecule has 0 amide bonds. The van der Waals surface area contributed by atoms with Crippen molar-refractivity contribution in [3.63, 3.8) is 0 Å². The van der Waals surface area contributed by atoms with Crippen LogP contribution in [0.4, 0.5) is 0 Å². The van der Waals surface area contributed by atoms with Gasteiger partial charge in [0.25, 0.3) is 18.4 Å². The van der Waals surface area contributed by atoms with Crippen molar-refractivity contribution in [2.45, 2.75) is 99.9 Å². The molecule has 3 heterocycles. The van der Waals surface area contributed by atoms with Crippen molar-refractivity contribution in [2.75, 3.05) is 13.2 Å². The molecule has 6 atom stereocenters. The van der Waals surface area contributed by atoms with Gasteiger partial charge in [0.1, 0.15) is 12.2 Å². The van der Waals surface area contributed by atoms with Crippen LogP contribution in [-0.2, 0) is 32.9 Å². The van der Waals surface area contributed by atoms with Crippen molar-refractivity contribution >= 4 is 28.8 Å². The number of aryl methyl sites for hydroxylation is 1. The van der Waals surface area contributed by atoms with Crippen LogP contribution in [0.25, 0.3) is 0 Å². The number of epoxide rings is 1. The van der Waals surface area contributed by atoms with Gasteiger partial charge in [0, 0.05) is 0 Å². The second-order valence-electron chi connectivity index (χ2n) is 13.3. The van der Waals surface area contributed by atoms with Crippen LogP contribution < -0.4 is 10.4 Å². The molecule has 9 heteroatoms. The molecule has 0 spiro atoms. The molecule has 0 radical (unpaired) electrons. The third kappa shape index (κ3) is 6.60. The second-order valence-corrected chi connectivity index (χ2v) is 19.2. The Balaban J connectivity index is 1.30. The minimum Gasteiger partial charge on any atom is -0.405 e. The second kappa shape index (κ2) is 12.8. The number of ether oxygens (including phenoxy) is 3. The van der Waals surface area contributed by atoms with Crippen LogP contribution >= 0.6 is 0 Å². The first kappa shape index (κ1) is 31.6.